The first-order chi connectivity index (χ1) is 9.78. The molecule has 0 aliphatic carbocycles. The Morgan fingerprint density at radius 3 is 2.40 bits per heavy atom. The molecular weight excluding hydrogens is 274 g/mol. The van der Waals surface area contributed by atoms with Crippen molar-refractivity contribution in [1.29, 1.82) is 0 Å². The Bertz CT molecular complexity index is 540. The third kappa shape index (κ3) is 4.59. The molecule has 0 aliphatic heterocycles. The molecule has 0 aromatic heterocycles. The number of carbonyl (C=O) groups excluding carboxylic acids is 1. The average molecular weight is 290 g/mol. The highest BCUT2D eigenvalue weighted by molar-refractivity contribution is 6.19. The van der Waals surface area contributed by atoms with E-state index < -0.39 is 0 Å². The molecule has 0 saturated heterocycles. The first-order valence-electron chi connectivity index (χ1n) is 6.40. The van der Waals surface area contributed by atoms with Crippen LogP contribution < -0.4 is 10.1 Å². The molecule has 104 valence electrons. The fraction of sp³-hybridized carbons (Fsp3) is 0.188. The number of ether oxygens (including phenoxy) is 1. The number of rotatable bonds is 6. The second-order valence-electron chi connectivity index (χ2n) is 4.29. The van der Waals surface area contributed by atoms with Gasteiger partial charge in [-0.3, -0.25) is 4.79 Å². The highest BCUT2D eigenvalue weighted by Gasteiger charge is 2.01. The normalized spacial score (nSPS) is 10.1. The maximum atomic E-state index is 11.4. The number of alkyl halides is 1. The van der Waals surface area contributed by atoms with Gasteiger partial charge in [0.2, 0.25) is 5.91 Å². The molecule has 0 spiro atoms. The second-order valence-corrected chi connectivity index (χ2v) is 4.66. The van der Waals surface area contributed by atoms with Crippen molar-refractivity contribution in [3.8, 4) is 5.75 Å². The largest absolute Gasteiger partial charge is 0.489 e. The molecule has 0 unspecified atom stereocenters. The van der Waals surface area contributed by atoms with E-state index >= 15 is 0 Å². The van der Waals surface area contributed by atoms with Crippen molar-refractivity contribution in [3.63, 3.8) is 0 Å². The molecule has 3 nitrogen and oxygen atoms in total. The van der Waals surface area contributed by atoms with Gasteiger partial charge in [0, 0.05) is 18.0 Å². The van der Waals surface area contributed by atoms with Crippen molar-refractivity contribution in [2.45, 2.75) is 13.0 Å². The fourth-order valence-electron chi connectivity index (χ4n) is 1.68. The summed E-state index contributed by atoms with van der Waals surface area (Å²) >= 11 is 5.51. The summed E-state index contributed by atoms with van der Waals surface area (Å²) in [6.07, 6.45) is 0.313. The molecule has 0 bridgehead atoms. The van der Waals surface area contributed by atoms with Gasteiger partial charge in [0.1, 0.15) is 12.4 Å². The summed E-state index contributed by atoms with van der Waals surface area (Å²) in [5.41, 5.74) is 1.86. The van der Waals surface area contributed by atoms with Gasteiger partial charge in [0.15, 0.2) is 0 Å². The van der Waals surface area contributed by atoms with Crippen LogP contribution in [0.1, 0.15) is 12.0 Å². The molecular formula is C16H16ClNO2. The van der Waals surface area contributed by atoms with Gasteiger partial charge >= 0.3 is 0 Å². The SMILES string of the molecule is O=C(CCCl)Nc1ccc(OCc2ccccc2)cc1. The van der Waals surface area contributed by atoms with E-state index in [9.17, 15) is 4.79 Å². The van der Waals surface area contributed by atoms with Crippen molar-refractivity contribution < 1.29 is 9.53 Å². The van der Waals surface area contributed by atoms with Crippen LogP contribution in [0.2, 0.25) is 0 Å². The van der Waals surface area contributed by atoms with Gasteiger partial charge in [-0.2, -0.15) is 0 Å². The zero-order valence-electron chi connectivity index (χ0n) is 11.0. The van der Waals surface area contributed by atoms with Crippen LogP contribution in [0.5, 0.6) is 5.75 Å². The van der Waals surface area contributed by atoms with E-state index in [0.29, 0.717) is 18.9 Å². The molecule has 2 aromatic rings. The van der Waals surface area contributed by atoms with E-state index in [-0.39, 0.29) is 5.91 Å². The Morgan fingerprint density at radius 2 is 1.75 bits per heavy atom. The Balaban J connectivity index is 1.87. The molecule has 2 rings (SSSR count). The fourth-order valence-corrected chi connectivity index (χ4v) is 1.86. The van der Waals surface area contributed by atoms with Gasteiger partial charge in [0.05, 0.1) is 0 Å². The Hall–Kier alpha value is -2.00. The van der Waals surface area contributed by atoms with E-state index in [1.54, 1.807) is 0 Å². The molecule has 0 fully saturated rings. The number of hydrogen-bond acceptors (Lipinski definition) is 2. The molecule has 1 amide bonds. The monoisotopic (exact) mass is 289 g/mol. The van der Waals surface area contributed by atoms with Crippen LogP contribution in [-0.2, 0) is 11.4 Å². The predicted octanol–water partition coefficient (Wildman–Crippen LogP) is 3.83. The van der Waals surface area contributed by atoms with Gasteiger partial charge in [-0.05, 0) is 29.8 Å². The summed E-state index contributed by atoms with van der Waals surface area (Å²) in [6.45, 7) is 0.527. The van der Waals surface area contributed by atoms with E-state index in [1.807, 2.05) is 54.6 Å². The second kappa shape index (κ2) is 7.56. The van der Waals surface area contributed by atoms with Crippen molar-refractivity contribution in [3.05, 3.63) is 60.2 Å². The summed E-state index contributed by atoms with van der Waals surface area (Å²) < 4.78 is 5.67. The number of amides is 1. The predicted molar refractivity (Wildman–Crippen MR) is 81.2 cm³/mol. The van der Waals surface area contributed by atoms with Gasteiger partial charge in [-0.15, -0.1) is 11.6 Å². The number of carbonyl (C=O) groups is 1. The number of nitrogens with one attached hydrogen (secondary N) is 1. The lowest BCUT2D eigenvalue weighted by Gasteiger charge is -2.08. The molecule has 0 saturated carbocycles. The Kier molecular flexibility index (Phi) is 5.44. The van der Waals surface area contributed by atoms with E-state index in [0.717, 1.165) is 17.0 Å². The highest BCUT2D eigenvalue weighted by atomic mass is 35.5. The lowest BCUT2D eigenvalue weighted by atomic mass is 10.2. The number of anilines is 1. The van der Waals surface area contributed by atoms with E-state index in [4.69, 9.17) is 16.3 Å². The number of hydrogen-bond donors (Lipinski definition) is 1. The first-order valence-corrected chi connectivity index (χ1v) is 6.94. The zero-order chi connectivity index (χ0) is 14.2. The Morgan fingerprint density at radius 1 is 1.05 bits per heavy atom. The zero-order valence-corrected chi connectivity index (χ0v) is 11.8. The molecule has 0 aliphatic rings. The van der Waals surface area contributed by atoms with Gasteiger partial charge in [-0.1, -0.05) is 30.3 Å². The number of halogens is 1. The maximum absolute atomic E-state index is 11.4. The van der Waals surface area contributed by atoms with E-state index in [2.05, 4.69) is 5.32 Å². The summed E-state index contributed by atoms with van der Waals surface area (Å²) in [5, 5.41) is 2.76. The third-order valence-electron chi connectivity index (χ3n) is 2.71. The molecule has 1 N–H and O–H groups in total. The lowest BCUT2D eigenvalue weighted by molar-refractivity contribution is -0.115. The summed E-state index contributed by atoms with van der Waals surface area (Å²) in [4.78, 5) is 11.4. The standard InChI is InChI=1S/C16H16ClNO2/c17-11-10-16(19)18-14-6-8-15(9-7-14)20-12-13-4-2-1-3-5-13/h1-9H,10-12H2,(H,18,19). The van der Waals surface area contributed by atoms with Crippen LogP contribution in [-0.4, -0.2) is 11.8 Å². The quantitative estimate of drug-likeness (QED) is 0.821. The summed E-state index contributed by atoms with van der Waals surface area (Å²) in [7, 11) is 0. The van der Waals surface area contributed by atoms with Crippen molar-refractivity contribution >= 4 is 23.2 Å². The van der Waals surface area contributed by atoms with Crippen LogP contribution >= 0.6 is 11.6 Å². The minimum absolute atomic E-state index is 0.0852. The molecule has 0 atom stereocenters. The van der Waals surface area contributed by atoms with Gasteiger partial charge in [-0.25, -0.2) is 0 Å². The topological polar surface area (TPSA) is 38.3 Å². The highest BCUT2D eigenvalue weighted by Crippen LogP contribution is 2.17. The van der Waals surface area contributed by atoms with Crippen molar-refractivity contribution in [2.75, 3.05) is 11.2 Å². The van der Waals surface area contributed by atoms with Crippen LogP contribution in [0.25, 0.3) is 0 Å². The van der Waals surface area contributed by atoms with Crippen LogP contribution in [0, 0.1) is 0 Å². The molecule has 2 aromatic carbocycles. The first kappa shape index (κ1) is 14.4. The van der Waals surface area contributed by atoms with E-state index in [1.165, 1.54) is 0 Å². The summed E-state index contributed by atoms with van der Waals surface area (Å²) in [6, 6.07) is 17.3. The lowest BCUT2D eigenvalue weighted by Crippen LogP contribution is -2.11. The molecule has 4 heteroatoms. The van der Waals surface area contributed by atoms with Gasteiger partial charge in [0.25, 0.3) is 0 Å². The Labute approximate surface area is 123 Å². The van der Waals surface area contributed by atoms with Crippen molar-refractivity contribution in [1.82, 2.24) is 0 Å². The average Bonchev–Trinajstić information content (AvgIpc) is 2.48. The molecule has 0 heterocycles. The minimum Gasteiger partial charge on any atom is -0.489 e. The maximum Gasteiger partial charge on any atom is 0.225 e. The van der Waals surface area contributed by atoms with Crippen molar-refractivity contribution in [2.24, 2.45) is 0 Å². The van der Waals surface area contributed by atoms with Crippen LogP contribution in [0.15, 0.2) is 54.6 Å². The van der Waals surface area contributed by atoms with Crippen LogP contribution in [0.3, 0.4) is 0 Å². The molecule has 20 heavy (non-hydrogen) atoms. The smallest absolute Gasteiger partial charge is 0.225 e. The third-order valence-corrected chi connectivity index (χ3v) is 2.90. The minimum atomic E-state index is -0.0852. The van der Waals surface area contributed by atoms with Crippen LogP contribution in [0.4, 0.5) is 5.69 Å². The van der Waals surface area contributed by atoms with Gasteiger partial charge < -0.3 is 10.1 Å². The number of benzene rings is 2. The molecule has 0 radical (unpaired) electrons. The summed E-state index contributed by atoms with van der Waals surface area (Å²) in [5.74, 6) is 1.01.